The van der Waals surface area contributed by atoms with Gasteiger partial charge in [-0.1, -0.05) is 6.07 Å². The van der Waals surface area contributed by atoms with Crippen LogP contribution in [-0.2, 0) is 11.2 Å². The zero-order valence-corrected chi connectivity index (χ0v) is 10.5. The summed E-state index contributed by atoms with van der Waals surface area (Å²) >= 11 is 1.39. The first-order valence-corrected chi connectivity index (χ1v) is 6.29. The minimum Gasteiger partial charge on any atom is -0.326 e. The van der Waals surface area contributed by atoms with E-state index in [9.17, 15) is 4.79 Å². The van der Waals surface area contributed by atoms with Crippen molar-refractivity contribution in [1.29, 1.82) is 5.26 Å². The minimum atomic E-state index is 0.0112. The van der Waals surface area contributed by atoms with Gasteiger partial charge in [0.25, 0.3) is 0 Å². The van der Waals surface area contributed by atoms with Crippen LogP contribution < -0.4 is 5.32 Å². The van der Waals surface area contributed by atoms with E-state index in [0.29, 0.717) is 17.0 Å². The second-order valence-electron chi connectivity index (χ2n) is 4.12. The van der Waals surface area contributed by atoms with Crippen molar-refractivity contribution < 1.29 is 4.79 Å². The Morgan fingerprint density at radius 1 is 1.50 bits per heavy atom. The van der Waals surface area contributed by atoms with Crippen molar-refractivity contribution in [2.24, 2.45) is 0 Å². The van der Waals surface area contributed by atoms with Crippen molar-refractivity contribution in [3.63, 3.8) is 0 Å². The number of aryl methyl sites for hydroxylation is 1. The maximum absolute atomic E-state index is 11.3. The maximum Gasteiger partial charge on any atom is 0.228 e. The predicted octanol–water partition coefficient (Wildman–Crippen LogP) is 2.48. The molecule has 0 atom stereocenters. The summed E-state index contributed by atoms with van der Waals surface area (Å²) in [6.07, 6.45) is 0.397. The molecule has 5 heteroatoms. The molecule has 88 valence electrons. The van der Waals surface area contributed by atoms with Gasteiger partial charge in [-0.3, -0.25) is 4.79 Å². The molecule has 3 rings (SSSR count). The number of anilines is 1. The number of aromatic nitrogens is 1. The van der Waals surface area contributed by atoms with Crippen LogP contribution in [0, 0.1) is 18.3 Å². The third kappa shape index (κ3) is 1.67. The molecule has 1 aromatic heterocycles. The van der Waals surface area contributed by atoms with Crippen LogP contribution in [0.2, 0.25) is 0 Å². The Morgan fingerprint density at radius 2 is 2.33 bits per heavy atom. The van der Waals surface area contributed by atoms with Crippen LogP contribution in [0.3, 0.4) is 0 Å². The Morgan fingerprint density at radius 3 is 3.11 bits per heavy atom. The summed E-state index contributed by atoms with van der Waals surface area (Å²) in [5, 5.41) is 12.7. The van der Waals surface area contributed by atoms with Gasteiger partial charge in [0.15, 0.2) is 0 Å². The minimum absolute atomic E-state index is 0.0112. The van der Waals surface area contributed by atoms with Crippen LogP contribution in [0.5, 0.6) is 0 Å². The molecule has 0 fully saturated rings. The van der Waals surface area contributed by atoms with Crippen molar-refractivity contribution in [2.45, 2.75) is 13.3 Å². The van der Waals surface area contributed by atoms with Gasteiger partial charge in [0.1, 0.15) is 10.9 Å². The third-order valence-corrected chi connectivity index (χ3v) is 3.71. The number of fused-ring (bicyclic) bond motifs is 1. The van der Waals surface area contributed by atoms with Crippen LogP contribution in [0.4, 0.5) is 5.69 Å². The molecule has 2 aromatic rings. The fourth-order valence-electron chi connectivity index (χ4n) is 2.08. The van der Waals surface area contributed by atoms with Gasteiger partial charge in [-0.25, -0.2) is 4.98 Å². The molecule has 0 saturated carbocycles. The summed E-state index contributed by atoms with van der Waals surface area (Å²) in [4.78, 5) is 16.3. The Labute approximate surface area is 108 Å². The first-order valence-electron chi connectivity index (χ1n) is 5.48. The molecule has 2 heterocycles. The molecule has 0 saturated heterocycles. The Balaban J connectivity index is 2.11. The van der Waals surface area contributed by atoms with Gasteiger partial charge in [-0.15, -0.1) is 11.3 Å². The van der Waals surface area contributed by atoms with Gasteiger partial charge in [-0.2, -0.15) is 5.26 Å². The molecule has 0 bridgehead atoms. The van der Waals surface area contributed by atoms with Crippen LogP contribution in [0.15, 0.2) is 18.2 Å². The Kier molecular flexibility index (Phi) is 2.39. The number of thiazole rings is 1. The first-order chi connectivity index (χ1) is 8.67. The topological polar surface area (TPSA) is 65.8 Å². The smallest absolute Gasteiger partial charge is 0.228 e. The van der Waals surface area contributed by atoms with Gasteiger partial charge < -0.3 is 5.32 Å². The number of nitrogens with zero attached hydrogens (tertiary/aromatic N) is 2. The van der Waals surface area contributed by atoms with Crippen LogP contribution in [0.25, 0.3) is 11.3 Å². The summed E-state index contributed by atoms with van der Waals surface area (Å²) in [5.74, 6) is 0.0112. The number of carbonyl (C=O) groups is 1. The largest absolute Gasteiger partial charge is 0.326 e. The normalized spacial score (nSPS) is 13.0. The molecular weight excluding hydrogens is 246 g/mol. The molecule has 0 unspecified atom stereocenters. The molecule has 1 N–H and O–H groups in total. The third-order valence-electron chi connectivity index (χ3n) is 2.84. The van der Waals surface area contributed by atoms with E-state index in [2.05, 4.69) is 16.4 Å². The number of nitrogens with one attached hydrogen (secondary N) is 1. The number of hydrogen-bond acceptors (Lipinski definition) is 4. The molecule has 0 spiro atoms. The lowest BCUT2D eigenvalue weighted by molar-refractivity contribution is -0.115. The maximum atomic E-state index is 11.3. The van der Waals surface area contributed by atoms with Crippen molar-refractivity contribution in [3.05, 3.63) is 33.6 Å². The SMILES string of the molecule is Cc1nc(-c2ccc3c(c2)CC(=O)N3)c(C#N)s1. The molecule has 0 radical (unpaired) electrons. The standard InChI is InChI=1S/C13H9N3OS/c1-7-15-13(11(6-14)18-7)8-2-3-10-9(4-8)5-12(17)16-10/h2-4H,5H2,1H3,(H,16,17). The van der Waals surface area contributed by atoms with Crippen molar-refractivity contribution in [3.8, 4) is 17.3 Å². The molecule has 1 aliphatic heterocycles. The number of rotatable bonds is 1. The van der Waals surface area contributed by atoms with Gasteiger partial charge in [0.05, 0.1) is 17.1 Å². The molecular formula is C13H9N3OS. The molecule has 1 aromatic carbocycles. The number of benzene rings is 1. The predicted molar refractivity (Wildman–Crippen MR) is 69.3 cm³/mol. The summed E-state index contributed by atoms with van der Waals surface area (Å²) in [6.45, 7) is 1.88. The number of carbonyl (C=O) groups excluding carboxylic acids is 1. The van der Waals surface area contributed by atoms with E-state index in [4.69, 9.17) is 5.26 Å². The van der Waals surface area contributed by atoms with E-state index in [1.54, 1.807) is 0 Å². The summed E-state index contributed by atoms with van der Waals surface area (Å²) < 4.78 is 0. The fourth-order valence-corrected chi connectivity index (χ4v) is 2.81. The average molecular weight is 255 g/mol. The van der Waals surface area contributed by atoms with E-state index in [1.165, 1.54) is 11.3 Å². The lowest BCUT2D eigenvalue weighted by atomic mass is 10.1. The zero-order valence-electron chi connectivity index (χ0n) is 9.65. The second-order valence-corrected chi connectivity index (χ2v) is 5.32. The molecule has 4 nitrogen and oxygen atoms in total. The van der Waals surface area contributed by atoms with E-state index >= 15 is 0 Å². The average Bonchev–Trinajstić information content (AvgIpc) is 2.89. The van der Waals surface area contributed by atoms with E-state index in [1.807, 2.05) is 25.1 Å². The van der Waals surface area contributed by atoms with Crippen molar-refractivity contribution in [1.82, 2.24) is 4.98 Å². The molecule has 18 heavy (non-hydrogen) atoms. The quantitative estimate of drug-likeness (QED) is 0.851. The molecule has 0 aliphatic carbocycles. The summed E-state index contributed by atoms with van der Waals surface area (Å²) in [7, 11) is 0. The highest BCUT2D eigenvalue weighted by atomic mass is 32.1. The van der Waals surface area contributed by atoms with E-state index in [0.717, 1.165) is 21.8 Å². The monoisotopic (exact) mass is 255 g/mol. The van der Waals surface area contributed by atoms with Gasteiger partial charge in [0.2, 0.25) is 5.91 Å². The van der Waals surface area contributed by atoms with Crippen LogP contribution in [-0.4, -0.2) is 10.9 Å². The number of hydrogen-bond donors (Lipinski definition) is 1. The summed E-state index contributed by atoms with van der Waals surface area (Å²) in [5.41, 5.74) is 3.43. The van der Waals surface area contributed by atoms with Gasteiger partial charge in [0, 0.05) is 11.3 Å². The number of amides is 1. The zero-order chi connectivity index (χ0) is 12.7. The fraction of sp³-hybridized carbons (Fsp3) is 0.154. The van der Waals surface area contributed by atoms with Gasteiger partial charge in [-0.05, 0) is 24.6 Å². The number of nitriles is 1. The summed E-state index contributed by atoms with van der Waals surface area (Å²) in [6, 6.07) is 7.85. The van der Waals surface area contributed by atoms with Crippen LogP contribution >= 0.6 is 11.3 Å². The molecule has 1 amide bonds. The van der Waals surface area contributed by atoms with E-state index in [-0.39, 0.29) is 5.91 Å². The highest BCUT2D eigenvalue weighted by molar-refractivity contribution is 7.12. The lowest BCUT2D eigenvalue weighted by Gasteiger charge is -2.01. The molecule has 1 aliphatic rings. The Bertz CT molecular complexity index is 697. The first kappa shape index (κ1) is 10.9. The Hall–Kier alpha value is -2.19. The van der Waals surface area contributed by atoms with Crippen molar-refractivity contribution in [2.75, 3.05) is 5.32 Å². The lowest BCUT2D eigenvalue weighted by Crippen LogP contribution is -2.03. The van der Waals surface area contributed by atoms with Gasteiger partial charge >= 0.3 is 0 Å². The van der Waals surface area contributed by atoms with E-state index < -0.39 is 0 Å². The van der Waals surface area contributed by atoms with Crippen LogP contribution in [0.1, 0.15) is 15.4 Å². The highest BCUT2D eigenvalue weighted by Crippen LogP contribution is 2.32. The van der Waals surface area contributed by atoms with Crippen molar-refractivity contribution >= 4 is 22.9 Å². The highest BCUT2D eigenvalue weighted by Gasteiger charge is 2.19. The second kappa shape index (κ2) is 3.93.